The van der Waals surface area contributed by atoms with Crippen LogP contribution in [0.15, 0.2) is 218 Å². The minimum absolute atomic E-state index is 1.21. The summed E-state index contributed by atoms with van der Waals surface area (Å²) in [5.74, 6) is 0. The predicted molar refractivity (Wildman–Crippen MR) is 268 cm³/mol. The van der Waals surface area contributed by atoms with E-state index in [0.717, 1.165) is 0 Å². The van der Waals surface area contributed by atoms with Crippen LogP contribution in [0.4, 0.5) is 0 Å². The average Bonchev–Trinajstić information content (AvgIpc) is 3.34. The standard InChI is InChI=1S/C62H36/c1-2-11-45-35-46(24-19-37(45)9-1)55-36-56(49-30-26-43-22-20-39-12-7-14-41-27-31-51(49)59(43)57(39)41)48-17-5-6-18-50(48)62(55)54-34-25-38-10-3-4-16-47(38)61(54)53-33-29-44-23-21-40-13-8-15-42-28-32-52(53)60(44)58(40)42/h1-36H. The molecule has 0 heterocycles. The first-order chi connectivity index (χ1) is 30.7. The van der Waals surface area contributed by atoms with Crippen LogP contribution >= 0.6 is 0 Å². The van der Waals surface area contributed by atoms with Gasteiger partial charge in [0.2, 0.25) is 0 Å². The smallest absolute Gasteiger partial charge is 0.00199 e. The van der Waals surface area contributed by atoms with Crippen molar-refractivity contribution < 1.29 is 0 Å². The molecular weight excluding hydrogens is 745 g/mol. The van der Waals surface area contributed by atoms with E-state index in [1.54, 1.807) is 0 Å². The molecular formula is C62H36. The molecule has 0 bridgehead atoms. The lowest BCUT2D eigenvalue weighted by Crippen LogP contribution is -1.96. The number of hydrogen-bond acceptors (Lipinski definition) is 0. The van der Waals surface area contributed by atoms with Gasteiger partial charge in [-0.15, -0.1) is 0 Å². The molecule has 62 heavy (non-hydrogen) atoms. The van der Waals surface area contributed by atoms with Crippen molar-refractivity contribution in [2.45, 2.75) is 0 Å². The van der Waals surface area contributed by atoms with Gasteiger partial charge in [0.1, 0.15) is 0 Å². The van der Waals surface area contributed by atoms with Gasteiger partial charge in [-0.3, -0.25) is 0 Å². The molecule has 0 atom stereocenters. The van der Waals surface area contributed by atoms with Crippen molar-refractivity contribution in [1.82, 2.24) is 0 Å². The summed E-state index contributed by atoms with van der Waals surface area (Å²) < 4.78 is 0. The average molecular weight is 781 g/mol. The van der Waals surface area contributed by atoms with Crippen LogP contribution < -0.4 is 0 Å². The molecule has 0 saturated heterocycles. The third-order valence-corrected chi connectivity index (χ3v) is 13.9. The van der Waals surface area contributed by atoms with Gasteiger partial charge in [0.05, 0.1) is 0 Å². The van der Waals surface area contributed by atoms with Crippen LogP contribution in [0.25, 0.3) is 141 Å². The van der Waals surface area contributed by atoms with Gasteiger partial charge < -0.3 is 0 Å². The lowest BCUT2D eigenvalue weighted by atomic mass is 9.80. The molecule has 0 heteroatoms. The van der Waals surface area contributed by atoms with E-state index in [4.69, 9.17) is 0 Å². The van der Waals surface area contributed by atoms with Gasteiger partial charge in [0.15, 0.2) is 0 Å². The van der Waals surface area contributed by atoms with Crippen LogP contribution in [0.5, 0.6) is 0 Å². The normalized spacial score (nSPS) is 12.2. The second-order valence-electron chi connectivity index (χ2n) is 17.1. The molecule has 0 aromatic heterocycles. The Bertz CT molecular complexity index is 4120. The van der Waals surface area contributed by atoms with E-state index in [2.05, 4.69) is 218 Å². The molecule has 0 N–H and O–H groups in total. The van der Waals surface area contributed by atoms with E-state index in [-0.39, 0.29) is 0 Å². The van der Waals surface area contributed by atoms with Gasteiger partial charge >= 0.3 is 0 Å². The maximum Gasteiger partial charge on any atom is -0.00199 e. The first-order valence-electron chi connectivity index (χ1n) is 21.7. The summed E-state index contributed by atoms with van der Waals surface area (Å²) >= 11 is 0. The summed E-state index contributed by atoms with van der Waals surface area (Å²) in [7, 11) is 0. The third kappa shape index (κ3) is 4.72. The summed E-state index contributed by atoms with van der Waals surface area (Å²) in [6.45, 7) is 0. The van der Waals surface area contributed by atoms with Gasteiger partial charge in [-0.05, 0) is 154 Å². The zero-order chi connectivity index (χ0) is 40.5. The maximum atomic E-state index is 2.51. The number of benzene rings is 14. The van der Waals surface area contributed by atoms with Crippen LogP contribution in [-0.2, 0) is 0 Å². The number of hydrogen-bond donors (Lipinski definition) is 0. The van der Waals surface area contributed by atoms with E-state index in [1.807, 2.05) is 0 Å². The van der Waals surface area contributed by atoms with Crippen molar-refractivity contribution in [2.24, 2.45) is 0 Å². The van der Waals surface area contributed by atoms with Crippen LogP contribution in [0.1, 0.15) is 0 Å². The van der Waals surface area contributed by atoms with Crippen LogP contribution in [0, 0.1) is 0 Å². The Labute approximate surface area is 358 Å². The van der Waals surface area contributed by atoms with Crippen LogP contribution in [0.2, 0.25) is 0 Å². The summed E-state index contributed by atoms with van der Waals surface area (Å²) in [6, 6.07) is 82.3. The van der Waals surface area contributed by atoms with Gasteiger partial charge in [-0.1, -0.05) is 206 Å². The third-order valence-electron chi connectivity index (χ3n) is 13.9. The Morgan fingerprint density at radius 1 is 0.177 bits per heavy atom. The fourth-order valence-electron chi connectivity index (χ4n) is 11.2. The topological polar surface area (TPSA) is 0 Å². The maximum absolute atomic E-state index is 2.51. The zero-order valence-electron chi connectivity index (χ0n) is 33.8. The summed E-state index contributed by atoms with van der Waals surface area (Å²) in [5, 5.41) is 23.1. The fourth-order valence-corrected chi connectivity index (χ4v) is 11.2. The Kier molecular flexibility index (Phi) is 6.92. The molecule has 0 aliphatic carbocycles. The minimum atomic E-state index is 1.21. The molecule has 14 aromatic rings. The lowest BCUT2D eigenvalue weighted by molar-refractivity contribution is 1.62. The molecule has 284 valence electrons. The lowest BCUT2D eigenvalue weighted by Gasteiger charge is -2.23. The van der Waals surface area contributed by atoms with Gasteiger partial charge in [0.25, 0.3) is 0 Å². The summed E-state index contributed by atoms with van der Waals surface area (Å²) in [6.07, 6.45) is 0. The van der Waals surface area contributed by atoms with Crippen molar-refractivity contribution in [3.8, 4) is 44.5 Å². The van der Waals surface area contributed by atoms with Gasteiger partial charge in [-0.2, -0.15) is 0 Å². The second kappa shape index (κ2) is 12.7. The van der Waals surface area contributed by atoms with Crippen molar-refractivity contribution in [3.63, 3.8) is 0 Å². The van der Waals surface area contributed by atoms with E-state index >= 15 is 0 Å². The molecule has 0 aliphatic heterocycles. The Balaban J connectivity index is 1.14. The van der Waals surface area contributed by atoms with Crippen molar-refractivity contribution in [3.05, 3.63) is 218 Å². The predicted octanol–water partition coefficient (Wildman–Crippen LogP) is 17.6. The molecule has 0 fully saturated rings. The summed E-state index contributed by atoms with van der Waals surface area (Å²) in [4.78, 5) is 0. The first kappa shape index (κ1) is 33.7. The molecule has 0 radical (unpaired) electrons. The minimum Gasteiger partial charge on any atom is -0.0616 e. The fraction of sp³-hybridized carbons (Fsp3) is 0. The van der Waals surface area contributed by atoms with Crippen LogP contribution in [0.3, 0.4) is 0 Å². The zero-order valence-corrected chi connectivity index (χ0v) is 33.8. The highest BCUT2D eigenvalue weighted by Gasteiger charge is 2.24. The van der Waals surface area contributed by atoms with E-state index < -0.39 is 0 Å². The molecule has 0 aliphatic rings. The first-order valence-corrected chi connectivity index (χ1v) is 21.7. The Morgan fingerprint density at radius 3 is 1.29 bits per heavy atom. The SMILES string of the molecule is c1ccc2cc(-c3cc(-c4ccc5ccc6cccc7ccc4c5c67)c4ccccc4c3-c3ccc4ccccc4c3-c3ccc4ccc5cccc6ccc3c4c56)ccc2c1. The highest BCUT2D eigenvalue weighted by Crippen LogP contribution is 2.51. The number of fused-ring (bicyclic) bond motifs is 3. The number of rotatable bonds is 4. The van der Waals surface area contributed by atoms with E-state index in [0.29, 0.717) is 0 Å². The molecule has 0 nitrogen and oxygen atoms in total. The van der Waals surface area contributed by atoms with Crippen LogP contribution in [-0.4, -0.2) is 0 Å². The summed E-state index contributed by atoms with van der Waals surface area (Å²) in [5.41, 5.74) is 9.95. The van der Waals surface area contributed by atoms with Gasteiger partial charge in [0, 0.05) is 0 Å². The molecule has 0 saturated carbocycles. The van der Waals surface area contributed by atoms with Gasteiger partial charge in [-0.25, -0.2) is 0 Å². The second-order valence-corrected chi connectivity index (χ2v) is 17.1. The molecule has 14 aromatic carbocycles. The largest absolute Gasteiger partial charge is 0.0616 e. The quantitative estimate of drug-likeness (QED) is 0.156. The molecule has 0 amide bonds. The van der Waals surface area contributed by atoms with E-state index in [1.165, 1.54) is 141 Å². The monoisotopic (exact) mass is 780 g/mol. The molecule has 14 rings (SSSR count). The highest BCUT2D eigenvalue weighted by atomic mass is 14.3. The molecule has 0 spiro atoms. The van der Waals surface area contributed by atoms with E-state index in [9.17, 15) is 0 Å². The Hall–Kier alpha value is -8.06. The van der Waals surface area contributed by atoms with Crippen molar-refractivity contribution >= 4 is 97.0 Å². The molecule has 0 unspecified atom stereocenters. The highest BCUT2D eigenvalue weighted by molar-refractivity contribution is 6.29. The van der Waals surface area contributed by atoms with Crippen molar-refractivity contribution in [2.75, 3.05) is 0 Å². The van der Waals surface area contributed by atoms with Crippen molar-refractivity contribution in [1.29, 1.82) is 0 Å². The Morgan fingerprint density at radius 2 is 0.613 bits per heavy atom.